The second-order valence-electron chi connectivity index (χ2n) is 6.79. The van der Waals surface area contributed by atoms with Crippen LogP contribution in [0.3, 0.4) is 0 Å². The van der Waals surface area contributed by atoms with Gasteiger partial charge in [-0.15, -0.1) is 0 Å². The van der Waals surface area contributed by atoms with E-state index in [0.717, 1.165) is 54.4 Å². The Hall–Kier alpha value is -1.46. The van der Waals surface area contributed by atoms with Gasteiger partial charge in [-0.1, -0.05) is 0 Å². The zero-order valence-corrected chi connectivity index (χ0v) is 13.6. The number of ether oxygens (including phenoxy) is 1. The van der Waals surface area contributed by atoms with E-state index in [9.17, 15) is 4.39 Å². The highest BCUT2D eigenvalue weighted by molar-refractivity contribution is 5.80. The smallest absolute Gasteiger partial charge is 0.150 e. The molecular formula is C18H24FN3O. The predicted molar refractivity (Wildman–Crippen MR) is 88.4 cm³/mol. The molecule has 23 heavy (non-hydrogen) atoms. The molecule has 4 rings (SSSR count). The first-order chi connectivity index (χ1) is 11.2. The molecule has 4 nitrogen and oxygen atoms in total. The summed E-state index contributed by atoms with van der Waals surface area (Å²) >= 11 is 0. The summed E-state index contributed by atoms with van der Waals surface area (Å²) in [6, 6.07) is 4.30. The van der Waals surface area contributed by atoms with Crippen LogP contribution in [-0.2, 0) is 4.74 Å². The van der Waals surface area contributed by atoms with Crippen molar-refractivity contribution in [2.24, 2.45) is 0 Å². The fraction of sp³-hybridized carbons (Fsp3) is 0.611. The minimum absolute atomic E-state index is 0.0173. The maximum Gasteiger partial charge on any atom is 0.150 e. The zero-order valence-electron chi connectivity index (χ0n) is 13.6. The summed E-state index contributed by atoms with van der Waals surface area (Å²) in [6.07, 6.45) is 5.25. The van der Waals surface area contributed by atoms with Gasteiger partial charge < -0.3 is 10.1 Å². The summed E-state index contributed by atoms with van der Waals surface area (Å²) in [5.74, 6) is -0.0173. The number of alkyl halides is 1. The molecule has 0 spiro atoms. The van der Waals surface area contributed by atoms with Gasteiger partial charge in [0.25, 0.3) is 0 Å². The number of piperidine rings is 1. The third kappa shape index (κ3) is 2.76. The number of nitrogens with zero attached hydrogens (tertiary/aromatic N) is 2. The molecule has 5 heteroatoms. The van der Waals surface area contributed by atoms with E-state index in [2.05, 4.69) is 29.5 Å². The van der Waals surface area contributed by atoms with Crippen LogP contribution in [0.15, 0.2) is 18.3 Å². The normalized spacial score (nSPS) is 29.0. The van der Waals surface area contributed by atoms with Crippen molar-refractivity contribution in [1.29, 1.82) is 0 Å². The molecule has 2 saturated heterocycles. The molecule has 0 radical (unpaired) electrons. The summed E-state index contributed by atoms with van der Waals surface area (Å²) in [5, 5.41) is 8.80. The summed E-state index contributed by atoms with van der Waals surface area (Å²) in [5.41, 5.74) is 3.36. The molecule has 2 aliphatic rings. The molecule has 0 aliphatic carbocycles. The lowest BCUT2D eigenvalue weighted by Gasteiger charge is -2.29. The van der Waals surface area contributed by atoms with Gasteiger partial charge >= 0.3 is 0 Å². The fourth-order valence-corrected chi connectivity index (χ4v) is 3.94. The highest BCUT2D eigenvalue weighted by Crippen LogP contribution is 2.34. The minimum atomic E-state index is -0.817. The van der Waals surface area contributed by atoms with Crippen molar-refractivity contribution in [3.05, 3.63) is 29.5 Å². The number of hydrogen-bond acceptors (Lipinski definition) is 3. The fourth-order valence-electron chi connectivity index (χ4n) is 3.94. The second kappa shape index (κ2) is 6.21. The van der Waals surface area contributed by atoms with Crippen LogP contribution in [-0.4, -0.2) is 35.6 Å². The molecule has 2 fully saturated rings. The highest BCUT2D eigenvalue weighted by atomic mass is 19.1. The van der Waals surface area contributed by atoms with Gasteiger partial charge in [0, 0.05) is 24.5 Å². The molecule has 0 amide bonds. The SMILES string of the molecule is Cc1cc2cnn(C3CCCCO3)c2cc1[C@H]1CCNC[C@H]1F. The van der Waals surface area contributed by atoms with Crippen LogP contribution in [0, 0.1) is 6.92 Å². The van der Waals surface area contributed by atoms with Crippen molar-refractivity contribution in [3.63, 3.8) is 0 Å². The Morgan fingerprint density at radius 3 is 3.00 bits per heavy atom. The first-order valence-corrected chi connectivity index (χ1v) is 8.68. The van der Waals surface area contributed by atoms with Crippen molar-refractivity contribution in [3.8, 4) is 0 Å². The molecule has 1 unspecified atom stereocenters. The number of benzene rings is 1. The molecule has 1 N–H and O–H groups in total. The van der Waals surface area contributed by atoms with E-state index >= 15 is 0 Å². The number of rotatable bonds is 2. The van der Waals surface area contributed by atoms with Crippen LogP contribution < -0.4 is 5.32 Å². The van der Waals surface area contributed by atoms with Gasteiger partial charge in [0.1, 0.15) is 6.17 Å². The molecule has 0 saturated carbocycles. The van der Waals surface area contributed by atoms with E-state index in [0.29, 0.717) is 6.54 Å². The maximum absolute atomic E-state index is 14.4. The molecule has 1 aromatic carbocycles. The Labute approximate surface area is 136 Å². The quantitative estimate of drug-likeness (QED) is 0.922. The summed E-state index contributed by atoms with van der Waals surface area (Å²) in [4.78, 5) is 0. The van der Waals surface area contributed by atoms with Gasteiger partial charge in [-0.25, -0.2) is 9.07 Å². The Morgan fingerprint density at radius 2 is 2.22 bits per heavy atom. The van der Waals surface area contributed by atoms with Crippen LogP contribution in [0.5, 0.6) is 0 Å². The van der Waals surface area contributed by atoms with Crippen LogP contribution in [0.25, 0.3) is 10.9 Å². The van der Waals surface area contributed by atoms with E-state index in [-0.39, 0.29) is 12.1 Å². The number of halogens is 1. The van der Waals surface area contributed by atoms with E-state index in [4.69, 9.17) is 4.74 Å². The van der Waals surface area contributed by atoms with Gasteiger partial charge in [-0.3, -0.25) is 0 Å². The largest absolute Gasteiger partial charge is 0.356 e. The van der Waals surface area contributed by atoms with Crippen LogP contribution >= 0.6 is 0 Å². The molecule has 2 aromatic rings. The highest BCUT2D eigenvalue weighted by Gasteiger charge is 2.28. The Morgan fingerprint density at radius 1 is 1.30 bits per heavy atom. The van der Waals surface area contributed by atoms with E-state index in [1.807, 2.05) is 10.9 Å². The maximum atomic E-state index is 14.4. The first-order valence-electron chi connectivity index (χ1n) is 8.68. The van der Waals surface area contributed by atoms with Gasteiger partial charge in [-0.05, 0) is 62.4 Å². The predicted octanol–water partition coefficient (Wildman–Crippen LogP) is 3.46. The summed E-state index contributed by atoms with van der Waals surface area (Å²) in [6.45, 7) is 4.21. The monoisotopic (exact) mass is 317 g/mol. The molecule has 0 bridgehead atoms. The lowest BCUT2D eigenvalue weighted by Crippen LogP contribution is -2.37. The third-order valence-electron chi connectivity index (χ3n) is 5.22. The molecule has 3 atom stereocenters. The molecule has 1 aromatic heterocycles. The third-order valence-corrected chi connectivity index (χ3v) is 5.22. The van der Waals surface area contributed by atoms with Crippen molar-refractivity contribution >= 4 is 10.9 Å². The Bertz CT molecular complexity index is 693. The van der Waals surface area contributed by atoms with Crippen molar-refractivity contribution in [1.82, 2.24) is 15.1 Å². The topological polar surface area (TPSA) is 39.1 Å². The van der Waals surface area contributed by atoms with Crippen molar-refractivity contribution in [2.75, 3.05) is 19.7 Å². The first kappa shape index (κ1) is 15.1. The lowest BCUT2D eigenvalue weighted by molar-refractivity contribution is -0.0366. The van der Waals surface area contributed by atoms with Gasteiger partial charge in [0.15, 0.2) is 6.23 Å². The number of aryl methyl sites for hydroxylation is 1. The van der Waals surface area contributed by atoms with Gasteiger partial charge in [0.05, 0.1) is 11.7 Å². The van der Waals surface area contributed by atoms with Crippen LogP contribution in [0.1, 0.15) is 49.0 Å². The molecule has 124 valence electrons. The average Bonchev–Trinajstić information content (AvgIpc) is 2.98. The average molecular weight is 317 g/mol. The summed E-state index contributed by atoms with van der Waals surface area (Å²) < 4.78 is 22.3. The van der Waals surface area contributed by atoms with E-state index < -0.39 is 6.17 Å². The van der Waals surface area contributed by atoms with E-state index in [1.54, 1.807) is 0 Å². The minimum Gasteiger partial charge on any atom is -0.356 e. The van der Waals surface area contributed by atoms with Gasteiger partial charge in [-0.2, -0.15) is 5.10 Å². The summed E-state index contributed by atoms with van der Waals surface area (Å²) in [7, 11) is 0. The number of hydrogen-bond donors (Lipinski definition) is 1. The van der Waals surface area contributed by atoms with E-state index in [1.165, 1.54) is 6.42 Å². The van der Waals surface area contributed by atoms with Crippen LogP contribution in [0.4, 0.5) is 4.39 Å². The lowest BCUT2D eigenvalue weighted by atomic mass is 9.85. The Balaban J connectivity index is 1.75. The second-order valence-corrected chi connectivity index (χ2v) is 6.79. The van der Waals surface area contributed by atoms with Gasteiger partial charge in [0.2, 0.25) is 0 Å². The van der Waals surface area contributed by atoms with Crippen molar-refractivity contribution < 1.29 is 9.13 Å². The van der Waals surface area contributed by atoms with Crippen LogP contribution in [0.2, 0.25) is 0 Å². The number of nitrogens with one attached hydrogen (secondary N) is 1. The standard InChI is InChI=1S/C18H24FN3O/c1-12-8-13-10-21-22(18-4-2-3-7-23-18)17(13)9-15(12)14-5-6-20-11-16(14)19/h8-10,14,16,18,20H,2-7,11H2,1H3/t14-,16-,18?/m1/s1. The number of aromatic nitrogens is 2. The van der Waals surface area contributed by atoms with Crippen molar-refractivity contribution in [2.45, 2.75) is 50.9 Å². The number of fused-ring (bicyclic) bond motifs is 1. The molecule has 3 heterocycles. The Kier molecular flexibility index (Phi) is 4.07. The molecular weight excluding hydrogens is 293 g/mol. The molecule has 2 aliphatic heterocycles. The zero-order chi connectivity index (χ0) is 15.8.